The van der Waals surface area contributed by atoms with Crippen molar-refractivity contribution < 1.29 is 4.79 Å². The molecule has 3 N–H and O–H groups in total. The largest absolute Gasteiger partial charge is 0.368 e. The van der Waals surface area contributed by atoms with E-state index >= 15 is 0 Å². The average molecular weight is 300 g/mol. The van der Waals surface area contributed by atoms with Crippen LogP contribution in [0.5, 0.6) is 0 Å². The summed E-state index contributed by atoms with van der Waals surface area (Å²) in [5, 5.41) is 3.33. The normalized spacial score (nSPS) is 14.9. The molecule has 1 amide bonds. The van der Waals surface area contributed by atoms with Crippen molar-refractivity contribution in [2.24, 2.45) is 17.6 Å². The maximum absolute atomic E-state index is 11.9. The van der Waals surface area contributed by atoms with Crippen LogP contribution in [-0.2, 0) is 4.79 Å². The van der Waals surface area contributed by atoms with Gasteiger partial charge < -0.3 is 16.0 Å². The van der Waals surface area contributed by atoms with E-state index in [-0.39, 0.29) is 5.91 Å². The molecule has 0 rings (SSSR count). The molecule has 0 aliphatic carbocycles. The summed E-state index contributed by atoms with van der Waals surface area (Å²) in [4.78, 5) is 14.3. The molecule has 0 saturated heterocycles. The van der Waals surface area contributed by atoms with Crippen LogP contribution in [0.4, 0.5) is 0 Å². The molecule has 0 radical (unpaired) electrons. The molecule has 0 aliphatic heterocycles. The zero-order chi connectivity index (χ0) is 16.5. The minimum absolute atomic E-state index is 0.255. The second-order valence-electron chi connectivity index (χ2n) is 7.26. The second kappa shape index (κ2) is 10.2. The fourth-order valence-electron chi connectivity index (χ4n) is 2.22. The van der Waals surface area contributed by atoms with Gasteiger partial charge in [0.25, 0.3) is 0 Å². The van der Waals surface area contributed by atoms with Gasteiger partial charge in [0.2, 0.25) is 5.91 Å². The van der Waals surface area contributed by atoms with E-state index in [1.54, 1.807) is 0 Å². The SMILES string of the molecule is CCCNC(C)(CN(CCC(C)C)CCC(C)C)C(N)=O. The highest BCUT2D eigenvalue weighted by Gasteiger charge is 2.32. The van der Waals surface area contributed by atoms with Crippen LogP contribution in [-0.4, -0.2) is 42.5 Å². The van der Waals surface area contributed by atoms with Crippen LogP contribution in [0.1, 0.15) is 60.8 Å². The lowest BCUT2D eigenvalue weighted by molar-refractivity contribution is -0.124. The topological polar surface area (TPSA) is 58.4 Å². The number of carbonyl (C=O) groups excluding carboxylic acids is 1. The summed E-state index contributed by atoms with van der Waals surface area (Å²) >= 11 is 0. The molecule has 0 aromatic rings. The van der Waals surface area contributed by atoms with E-state index in [1.165, 1.54) is 0 Å². The van der Waals surface area contributed by atoms with Crippen LogP contribution in [0.15, 0.2) is 0 Å². The Balaban J connectivity index is 4.72. The number of primary amides is 1. The summed E-state index contributed by atoms with van der Waals surface area (Å²) in [5.41, 5.74) is 5.01. The molecule has 1 unspecified atom stereocenters. The average Bonchev–Trinajstić information content (AvgIpc) is 2.39. The first-order valence-electron chi connectivity index (χ1n) is 8.48. The quantitative estimate of drug-likeness (QED) is 0.582. The summed E-state index contributed by atoms with van der Waals surface area (Å²) in [7, 11) is 0. The molecule has 0 aromatic carbocycles. The highest BCUT2D eigenvalue weighted by Crippen LogP contribution is 2.12. The highest BCUT2D eigenvalue weighted by molar-refractivity contribution is 5.84. The summed E-state index contributed by atoms with van der Waals surface area (Å²) in [6, 6.07) is 0. The van der Waals surface area contributed by atoms with E-state index in [9.17, 15) is 4.79 Å². The monoisotopic (exact) mass is 299 g/mol. The Kier molecular flexibility index (Phi) is 9.88. The number of carbonyl (C=O) groups is 1. The molecule has 0 saturated carbocycles. The molecule has 0 heterocycles. The van der Waals surface area contributed by atoms with Gasteiger partial charge in [-0.05, 0) is 57.7 Å². The van der Waals surface area contributed by atoms with Crippen LogP contribution in [0.2, 0.25) is 0 Å². The number of nitrogens with two attached hydrogens (primary N) is 1. The Labute approximate surface area is 131 Å². The van der Waals surface area contributed by atoms with Crippen LogP contribution in [0.25, 0.3) is 0 Å². The first kappa shape index (κ1) is 20.4. The van der Waals surface area contributed by atoms with Gasteiger partial charge in [-0.15, -0.1) is 0 Å². The van der Waals surface area contributed by atoms with Gasteiger partial charge in [0.15, 0.2) is 0 Å². The van der Waals surface area contributed by atoms with Crippen molar-refractivity contribution in [1.82, 2.24) is 10.2 Å². The van der Waals surface area contributed by atoms with Gasteiger partial charge in [-0.1, -0.05) is 34.6 Å². The molecular formula is C17H37N3O. The van der Waals surface area contributed by atoms with Gasteiger partial charge in [-0.3, -0.25) is 4.79 Å². The molecule has 0 bridgehead atoms. The predicted molar refractivity (Wildman–Crippen MR) is 91.2 cm³/mol. The molecule has 21 heavy (non-hydrogen) atoms. The third kappa shape index (κ3) is 9.10. The Hall–Kier alpha value is -0.610. The Morgan fingerprint density at radius 2 is 1.62 bits per heavy atom. The Bertz CT molecular complexity index is 280. The third-order valence-electron chi connectivity index (χ3n) is 3.89. The molecule has 4 heteroatoms. The minimum Gasteiger partial charge on any atom is -0.368 e. The van der Waals surface area contributed by atoms with Crippen molar-refractivity contribution in [3.05, 3.63) is 0 Å². The van der Waals surface area contributed by atoms with Crippen LogP contribution in [0, 0.1) is 11.8 Å². The molecule has 1 atom stereocenters. The van der Waals surface area contributed by atoms with Crippen LogP contribution >= 0.6 is 0 Å². The van der Waals surface area contributed by atoms with E-state index < -0.39 is 5.54 Å². The molecule has 0 aromatic heterocycles. The zero-order valence-electron chi connectivity index (χ0n) is 15.0. The molecule has 4 nitrogen and oxygen atoms in total. The first-order chi connectivity index (χ1) is 9.71. The van der Waals surface area contributed by atoms with Gasteiger partial charge in [-0.25, -0.2) is 0 Å². The smallest absolute Gasteiger partial charge is 0.238 e. The van der Waals surface area contributed by atoms with Gasteiger partial charge in [0.1, 0.15) is 5.54 Å². The van der Waals surface area contributed by atoms with Crippen molar-refractivity contribution in [2.45, 2.75) is 66.3 Å². The number of nitrogens with one attached hydrogen (secondary N) is 1. The number of hydrogen-bond acceptors (Lipinski definition) is 3. The molecule has 0 fully saturated rings. The second-order valence-corrected chi connectivity index (χ2v) is 7.26. The standard InChI is InChI=1S/C17H37N3O/c1-7-10-19-17(6,16(18)21)13-20(11-8-14(2)3)12-9-15(4)5/h14-15,19H,7-13H2,1-6H3,(H2,18,21). The first-order valence-corrected chi connectivity index (χ1v) is 8.48. The van der Waals surface area contributed by atoms with Crippen molar-refractivity contribution in [3.8, 4) is 0 Å². The number of nitrogens with zero attached hydrogens (tertiary/aromatic N) is 1. The predicted octanol–water partition coefficient (Wildman–Crippen LogP) is 2.62. The van der Waals surface area contributed by atoms with E-state index in [2.05, 4.69) is 44.8 Å². The number of amides is 1. The third-order valence-corrected chi connectivity index (χ3v) is 3.89. The Morgan fingerprint density at radius 1 is 1.14 bits per heavy atom. The summed E-state index contributed by atoms with van der Waals surface area (Å²) < 4.78 is 0. The Morgan fingerprint density at radius 3 is 1.95 bits per heavy atom. The zero-order valence-corrected chi connectivity index (χ0v) is 15.0. The van der Waals surface area contributed by atoms with Gasteiger partial charge in [0, 0.05) is 6.54 Å². The van der Waals surface area contributed by atoms with Crippen molar-refractivity contribution in [1.29, 1.82) is 0 Å². The molecular weight excluding hydrogens is 262 g/mol. The minimum atomic E-state index is -0.635. The lowest BCUT2D eigenvalue weighted by Crippen LogP contribution is -2.60. The van der Waals surface area contributed by atoms with E-state index in [1.807, 2.05) is 6.92 Å². The number of hydrogen-bond donors (Lipinski definition) is 2. The lowest BCUT2D eigenvalue weighted by atomic mass is 9.99. The van der Waals surface area contributed by atoms with E-state index in [0.717, 1.165) is 38.9 Å². The molecule has 126 valence electrons. The van der Waals surface area contributed by atoms with Gasteiger partial charge >= 0.3 is 0 Å². The summed E-state index contributed by atoms with van der Waals surface area (Å²) in [6.07, 6.45) is 3.31. The van der Waals surface area contributed by atoms with E-state index in [4.69, 9.17) is 5.73 Å². The van der Waals surface area contributed by atoms with Crippen molar-refractivity contribution >= 4 is 5.91 Å². The van der Waals surface area contributed by atoms with Gasteiger partial charge in [-0.2, -0.15) is 0 Å². The van der Waals surface area contributed by atoms with Crippen molar-refractivity contribution in [3.63, 3.8) is 0 Å². The summed E-state index contributed by atoms with van der Waals surface area (Å²) in [5.74, 6) is 1.10. The molecule has 0 spiro atoms. The summed E-state index contributed by atoms with van der Waals surface area (Å²) in [6.45, 7) is 16.6. The van der Waals surface area contributed by atoms with Crippen LogP contribution in [0.3, 0.4) is 0 Å². The van der Waals surface area contributed by atoms with Crippen molar-refractivity contribution in [2.75, 3.05) is 26.2 Å². The maximum Gasteiger partial charge on any atom is 0.238 e. The maximum atomic E-state index is 11.9. The highest BCUT2D eigenvalue weighted by atomic mass is 16.1. The fraction of sp³-hybridized carbons (Fsp3) is 0.941. The van der Waals surface area contributed by atoms with E-state index in [0.29, 0.717) is 18.4 Å². The lowest BCUT2D eigenvalue weighted by Gasteiger charge is -2.35. The number of rotatable bonds is 12. The fourth-order valence-corrected chi connectivity index (χ4v) is 2.22. The molecule has 0 aliphatic rings. The van der Waals surface area contributed by atoms with Gasteiger partial charge in [0.05, 0.1) is 0 Å². The van der Waals surface area contributed by atoms with Crippen LogP contribution < -0.4 is 11.1 Å².